The second-order valence-corrected chi connectivity index (χ2v) is 7.58. The first-order valence-electron chi connectivity index (χ1n) is 8.54. The van der Waals surface area contributed by atoms with Crippen LogP contribution in [0.1, 0.15) is 39.5 Å². The van der Waals surface area contributed by atoms with Gasteiger partial charge in [-0.15, -0.1) is 0 Å². The van der Waals surface area contributed by atoms with E-state index in [0.29, 0.717) is 0 Å². The summed E-state index contributed by atoms with van der Waals surface area (Å²) in [4.78, 5) is 25.0. The number of likely N-dealkylation sites (N-methyl/N-ethyl adjacent to an activating group) is 1. The quantitative estimate of drug-likeness (QED) is 0.731. The lowest BCUT2D eigenvalue weighted by atomic mass is 10.1. The smallest absolute Gasteiger partial charge is 0.275 e. The van der Waals surface area contributed by atoms with Crippen molar-refractivity contribution in [1.29, 1.82) is 0 Å². The van der Waals surface area contributed by atoms with Gasteiger partial charge >= 0.3 is 0 Å². The molecule has 2 amide bonds. The van der Waals surface area contributed by atoms with E-state index >= 15 is 0 Å². The summed E-state index contributed by atoms with van der Waals surface area (Å²) in [5.41, 5.74) is 0.537. The summed E-state index contributed by atoms with van der Waals surface area (Å²) in [5, 5.41) is 6.84. The van der Waals surface area contributed by atoms with Gasteiger partial charge < -0.3 is 20.0 Å². The first-order chi connectivity index (χ1) is 11.6. The van der Waals surface area contributed by atoms with E-state index in [0.717, 1.165) is 21.6 Å². The topological polar surface area (TPSA) is 75.8 Å². The number of para-hydroxylation sites is 1. The van der Waals surface area contributed by atoms with Crippen LogP contribution in [-0.2, 0) is 9.59 Å². The Balaban J connectivity index is 1.85. The van der Waals surface area contributed by atoms with Crippen molar-refractivity contribution >= 4 is 22.8 Å². The number of amides is 2. The molecule has 0 aliphatic rings. The van der Waals surface area contributed by atoms with E-state index < -0.39 is 0 Å². The predicted octanol–water partition coefficient (Wildman–Crippen LogP) is 1.04. The van der Waals surface area contributed by atoms with Crippen LogP contribution in [0.5, 0.6) is 0 Å². The van der Waals surface area contributed by atoms with Crippen LogP contribution in [0.15, 0.2) is 34.7 Å². The molecule has 1 aromatic carbocycles. The van der Waals surface area contributed by atoms with Gasteiger partial charge in [-0.3, -0.25) is 9.59 Å². The summed E-state index contributed by atoms with van der Waals surface area (Å²) < 4.78 is 5.77. The molecule has 0 saturated heterocycles. The number of hydrogen-bond acceptors (Lipinski definition) is 3. The molecule has 1 heterocycles. The number of benzene rings is 1. The van der Waals surface area contributed by atoms with E-state index in [1.807, 2.05) is 65.1 Å². The number of nitrogens with one attached hydrogen (secondary N) is 3. The zero-order valence-corrected chi connectivity index (χ0v) is 15.6. The third kappa shape index (κ3) is 5.90. The minimum absolute atomic E-state index is 0.0665. The van der Waals surface area contributed by atoms with Gasteiger partial charge in [-0.25, -0.2) is 0 Å². The number of carbonyl (C=O) groups is 2. The van der Waals surface area contributed by atoms with Crippen molar-refractivity contribution in [2.24, 2.45) is 0 Å². The van der Waals surface area contributed by atoms with Crippen LogP contribution in [-0.4, -0.2) is 37.5 Å². The minimum atomic E-state index is -0.268. The number of carbonyl (C=O) groups excluding carboxylic acids is 2. The molecule has 2 aromatic rings. The molecule has 0 radical (unpaired) electrons. The SMILES string of the molecule is C[C@@H](NC(=O)C[NH+](C)CC(=O)NC(C)(C)C)c1cc2ccccc2o1. The summed E-state index contributed by atoms with van der Waals surface area (Å²) in [7, 11) is 1.83. The summed E-state index contributed by atoms with van der Waals surface area (Å²) in [6.07, 6.45) is 0. The number of fused-ring (bicyclic) bond motifs is 1. The predicted molar refractivity (Wildman–Crippen MR) is 97.3 cm³/mol. The van der Waals surface area contributed by atoms with Crippen molar-refractivity contribution in [3.63, 3.8) is 0 Å². The third-order valence-electron chi connectivity index (χ3n) is 3.69. The molecule has 1 aromatic heterocycles. The molecule has 3 N–H and O–H groups in total. The van der Waals surface area contributed by atoms with Crippen molar-refractivity contribution in [2.75, 3.05) is 20.1 Å². The highest BCUT2D eigenvalue weighted by Gasteiger charge is 2.20. The molecular formula is C19H28N3O3+. The fraction of sp³-hybridized carbons (Fsp3) is 0.474. The first kappa shape index (κ1) is 19.0. The molecule has 0 aliphatic heterocycles. The first-order valence-corrected chi connectivity index (χ1v) is 8.54. The normalized spacial score (nSPS) is 14.1. The zero-order chi connectivity index (χ0) is 18.6. The average molecular weight is 346 g/mol. The molecular weight excluding hydrogens is 318 g/mol. The second kappa shape index (κ2) is 7.70. The Hall–Kier alpha value is -2.34. The molecule has 0 fully saturated rings. The van der Waals surface area contributed by atoms with Gasteiger partial charge in [-0.05, 0) is 39.8 Å². The fourth-order valence-electron chi connectivity index (χ4n) is 2.65. The fourth-order valence-corrected chi connectivity index (χ4v) is 2.65. The van der Waals surface area contributed by atoms with Crippen molar-refractivity contribution in [1.82, 2.24) is 10.6 Å². The largest absolute Gasteiger partial charge is 0.459 e. The number of rotatable bonds is 6. The maximum absolute atomic E-state index is 12.2. The molecule has 2 atom stereocenters. The molecule has 6 heteroatoms. The average Bonchev–Trinajstić information content (AvgIpc) is 2.88. The Morgan fingerprint density at radius 2 is 1.80 bits per heavy atom. The maximum atomic E-state index is 12.2. The summed E-state index contributed by atoms with van der Waals surface area (Å²) in [6, 6.07) is 9.46. The monoisotopic (exact) mass is 346 g/mol. The van der Waals surface area contributed by atoms with Crippen LogP contribution in [0.25, 0.3) is 11.0 Å². The second-order valence-electron chi connectivity index (χ2n) is 7.58. The van der Waals surface area contributed by atoms with Gasteiger partial charge in [-0.1, -0.05) is 18.2 Å². The van der Waals surface area contributed by atoms with E-state index in [1.54, 1.807) is 0 Å². The molecule has 1 unspecified atom stereocenters. The highest BCUT2D eigenvalue weighted by molar-refractivity contribution is 5.80. The zero-order valence-electron chi connectivity index (χ0n) is 15.6. The number of furan rings is 1. The van der Waals surface area contributed by atoms with Crippen LogP contribution in [0.2, 0.25) is 0 Å². The van der Waals surface area contributed by atoms with Crippen molar-refractivity contribution in [3.05, 3.63) is 36.1 Å². The molecule has 0 spiro atoms. The van der Waals surface area contributed by atoms with Gasteiger partial charge in [0.15, 0.2) is 13.1 Å². The Kier molecular flexibility index (Phi) is 5.85. The van der Waals surface area contributed by atoms with Gasteiger partial charge in [0, 0.05) is 10.9 Å². The van der Waals surface area contributed by atoms with Crippen LogP contribution >= 0.6 is 0 Å². The van der Waals surface area contributed by atoms with E-state index in [-0.39, 0.29) is 36.5 Å². The highest BCUT2D eigenvalue weighted by atomic mass is 16.3. The van der Waals surface area contributed by atoms with Gasteiger partial charge in [-0.2, -0.15) is 0 Å². The molecule has 0 bridgehead atoms. The lowest BCUT2D eigenvalue weighted by Crippen LogP contribution is -3.11. The standard InChI is InChI=1S/C19H27N3O3/c1-13(16-10-14-8-6-7-9-15(14)25-16)20-17(23)11-22(5)12-18(24)21-19(2,3)4/h6-10,13H,11-12H2,1-5H3,(H,20,23)(H,21,24)/p+1/t13-/m1/s1. The number of hydrogen-bond donors (Lipinski definition) is 3. The van der Waals surface area contributed by atoms with Crippen LogP contribution in [0.3, 0.4) is 0 Å². The van der Waals surface area contributed by atoms with E-state index in [1.165, 1.54) is 0 Å². The maximum Gasteiger partial charge on any atom is 0.275 e. The Morgan fingerprint density at radius 3 is 2.44 bits per heavy atom. The Labute approximate surface area is 148 Å². The van der Waals surface area contributed by atoms with E-state index in [9.17, 15) is 9.59 Å². The molecule has 2 rings (SSSR count). The van der Waals surface area contributed by atoms with E-state index in [4.69, 9.17) is 4.42 Å². The lowest BCUT2D eigenvalue weighted by Gasteiger charge is -2.22. The van der Waals surface area contributed by atoms with Gasteiger partial charge in [0.05, 0.1) is 13.1 Å². The van der Waals surface area contributed by atoms with Crippen molar-refractivity contribution in [3.8, 4) is 0 Å². The molecule has 0 saturated carbocycles. The molecule has 0 aliphatic carbocycles. The van der Waals surface area contributed by atoms with Gasteiger partial charge in [0.2, 0.25) is 0 Å². The molecule has 25 heavy (non-hydrogen) atoms. The highest BCUT2D eigenvalue weighted by Crippen LogP contribution is 2.23. The van der Waals surface area contributed by atoms with Crippen LogP contribution in [0, 0.1) is 0 Å². The van der Waals surface area contributed by atoms with Crippen LogP contribution < -0.4 is 15.5 Å². The van der Waals surface area contributed by atoms with Gasteiger partial charge in [0.25, 0.3) is 11.8 Å². The van der Waals surface area contributed by atoms with E-state index in [2.05, 4.69) is 10.6 Å². The van der Waals surface area contributed by atoms with Gasteiger partial charge in [0.1, 0.15) is 11.3 Å². The summed E-state index contributed by atoms with van der Waals surface area (Å²) >= 11 is 0. The Bertz CT molecular complexity index is 713. The van der Waals surface area contributed by atoms with Crippen molar-refractivity contribution < 1.29 is 18.9 Å². The summed E-state index contributed by atoms with van der Waals surface area (Å²) in [6.45, 7) is 8.16. The number of quaternary nitrogens is 1. The van der Waals surface area contributed by atoms with Crippen molar-refractivity contribution in [2.45, 2.75) is 39.3 Å². The van der Waals surface area contributed by atoms with Crippen LogP contribution in [0.4, 0.5) is 0 Å². The Morgan fingerprint density at radius 1 is 1.16 bits per heavy atom. The third-order valence-corrected chi connectivity index (χ3v) is 3.69. The minimum Gasteiger partial charge on any atom is -0.459 e. The molecule has 6 nitrogen and oxygen atoms in total. The lowest BCUT2D eigenvalue weighted by molar-refractivity contribution is -0.862. The molecule has 136 valence electrons. The summed E-state index contributed by atoms with van der Waals surface area (Å²) in [5.74, 6) is 0.537.